The van der Waals surface area contributed by atoms with Gasteiger partial charge in [-0.05, 0) is 6.92 Å². The summed E-state index contributed by atoms with van der Waals surface area (Å²) in [6, 6.07) is 3.69. The third kappa shape index (κ3) is 0.922. The van der Waals surface area contributed by atoms with E-state index in [2.05, 4.69) is 10.1 Å². The molecule has 0 aromatic carbocycles. The second kappa shape index (κ2) is 2.48. The average Bonchev–Trinajstić information content (AvgIpc) is 2.52. The Kier molecular flexibility index (Phi) is 1.46. The van der Waals surface area contributed by atoms with Crippen molar-refractivity contribution < 1.29 is 4.74 Å². The second-order valence-corrected chi connectivity index (χ2v) is 2.54. The topological polar surface area (TPSA) is 39.4 Å². The normalized spacial score (nSPS) is 10.5. The first-order valence-electron chi connectivity index (χ1n) is 3.66. The Morgan fingerprint density at radius 3 is 3.08 bits per heavy atom. The lowest BCUT2D eigenvalue weighted by Gasteiger charge is -2.01. The van der Waals surface area contributed by atoms with Crippen molar-refractivity contribution in [2.24, 2.45) is 0 Å². The van der Waals surface area contributed by atoms with Crippen molar-refractivity contribution in [1.82, 2.24) is 14.6 Å². The summed E-state index contributed by atoms with van der Waals surface area (Å²) in [5, 5.41) is 4.09. The van der Waals surface area contributed by atoms with Crippen molar-refractivity contribution in [3.8, 4) is 5.88 Å². The zero-order valence-corrected chi connectivity index (χ0v) is 6.98. The zero-order chi connectivity index (χ0) is 8.55. The third-order valence-corrected chi connectivity index (χ3v) is 1.72. The van der Waals surface area contributed by atoms with Crippen molar-refractivity contribution in [2.75, 3.05) is 7.11 Å². The molecule has 0 radical (unpaired) electrons. The van der Waals surface area contributed by atoms with Gasteiger partial charge in [-0.2, -0.15) is 10.1 Å². The van der Waals surface area contributed by atoms with Crippen LogP contribution in [0.15, 0.2) is 18.3 Å². The maximum Gasteiger partial charge on any atom is 0.216 e. The minimum Gasteiger partial charge on any atom is -0.481 e. The molecule has 0 aliphatic heterocycles. The molecule has 0 fully saturated rings. The highest BCUT2D eigenvalue weighted by molar-refractivity contribution is 5.40. The number of hydrogen-bond donors (Lipinski definition) is 0. The Morgan fingerprint density at radius 1 is 1.50 bits per heavy atom. The number of fused-ring (bicyclic) bond motifs is 1. The first-order chi connectivity index (χ1) is 5.81. The third-order valence-electron chi connectivity index (χ3n) is 1.72. The Hall–Kier alpha value is -1.58. The average molecular weight is 163 g/mol. The number of nitrogens with zero attached hydrogens (tertiary/aromatic N) is 3. The lowest BCUT2D eigenvalue weighted by Crippen LogP contribution is -1.97. The first-order valence-corrected chi connectivity index (χ1v) is 3.66. The Morgan fingerprint density at radius 2 is 2.33 bits per heavy atom. The molecule has 2 aromatic heterocycles. The molecule has 0 unspecified atom stereocenters. The maximum atomic E-state index is 5.02. The molecule has 0 aliphatic rings. The van der Waals surface area contributed by atoms with E-state index in [0.29, 0.717) is 5.88 Å². The van der Waals surface area contributed by atoms with Gasteiger partial charge in [-0.1, -0.05) is 0 Å². The molecule has 2 rings (SSSR count). The fourth-order valence-corrected chi connectivity index (χ4v) is 1.14. The molecule has 4 nitrogen and oxygen atoms in total. The van der Waals surface area contributed by atoms with E-state index in [1.807, 2.05) is 19.1 Å². The SMILES string of the molecule is COc1cc(C)n2nccc2n1. The number of aryl methyl sites for hydroxylation is 1. The van der Waals surface area contributed by atoms with E-state index in [1.54, 1.807) is 17.8 Å². The summed E-state index contributed by atoms with van der Waals surface area (Å²) >= 11 is 0. The molecule has 0 spiro atoms. The second-order valence-electron chi connectivity index (χ2n) is 2.54. The summed E-state index contributed by atoms with van der Waals surface area (Å²) in [7, 11) is 1.61. The quantitative estimate of drug-likeness (QED) is 0.630. The first kappa shape index (κ1) is 7.09. The van der Waals surface area contributed by atoms with Gasteiger partial charge >= 0.3 is 0 Å². The molecule has 0 saturated carbocycles. The van der Waals surface area contributed by atoms with Crippen LogP contribution in [0.25, 0.3) is 5.65 Å². The Bertz CT molecular complexity index is 408. The van der Waals surface area contributed by atoms with Crippen molar-refractivity contribution in [1.29, 1.82) is 0 Å². The van der Waals surface area contributed by atoms with E-state index in [1.165, 1.54) is 0 Å². The van der Waals surface area contributed by atoms with E-state index in [9.17, 15) is 0 Å². The van der Waals surface area contributed by atoms with Crippen LogP contribution >= 0.6 is 0 Å². The minimum atomic E-state index is 0.625. The molecule has 62 valence electrons. The molecule has 0 amide bonds. The number of aromatic nitrogens is 3. The summed E-state index contributed by atoms with van der Waals surface area (Å²) < 4.78 is 6.79. The fourth-order valence-electron chi connectivity index (χ4n) is 1.14. The highest BCUT2D eigenvalue weighted by atomic mass is 16.5. The van der Waals surface area contributed by atoms with Gasteiger partial charge < -0.3 is 4.74 Å². The van der Waals surface area contributed by atoms with Crippen molar-refractivity contribution >= 4 is 5.65 Å². The molecule has 0 bridgehead atoms. The van der Waals surface area contributed by atoms with E-state index in [0.717, 1.165) is 11.3 Å². The predicted octanol–water partition coefficient (Wildman–Crippen LogP) is 1.05. The molecule has 0 aliphatic carbocycles. The van der Waals surface area contributed by atoms with Crippen molar-refractivity contribution in [2.45, 2.75) is 6.92 Å². The van der Waals surface area contributed by atoms with E-state index in [-0.39, 0.29) is 0 Å². The van der Waals surface area contributed by atoms with Crippen LogP contribution in [-0.2, 0) is 0 Å². The van der Waals surface area contributed by atoms with E-state index < -0.39 is 0 Å². The molecule has 0 saturated heterocycles. The van der Waals surface area contributed by atoms with Gasteiger partial charge in [-0.15, -0.1) is 0 Å². The molecule has 0 atom stereocenters. The van der Waals surface area contributed by atoms with Crippen LogP contribution in [0.3, 0.4) is 0 Å². The maximum absolute atomic E-state index is 5.02. The Balaban J connectivity index is 2.75. The largest absolute Gasteiger partial charge is 0.481 e. The van der Waals surface area contributed by atoms with Gasteiger partial charge in [-0.3, -0.25) is 0 Å². The molecule has 0 N–H and O–H groups in total. The monoisotopic (exact) mass is 163 g/mol. The van der Waals surface area contributed by atoms with Gasteiger partial charge in [-0.25, -0.2) is 4.52 Å². The highest BCUT2D eigenvalue weighted by Gasteiger charge is 2.01. The lowest BCUT2D eigenvalue weighted by molar-refractivity contribution is 0.397. The number of hydrogen-bond acceptors (Lipinski definition) is 3. The fraction of sp³-hybridized carbons (Fsp3) is 0.250. The van der Waals surface area contributed by atoms with Gasteiger partial charge in [0.1, 0.15) is 0 Å². The van der Waals surface area contributed by atoms with E-state index >= 15 is 0 Å². The highest BCUT2D eigenvalue weighted by Crippen LogP contribution is 2.11. The van der Waals surface area contributed by atoms with Gasteiger partial charge in [0.25, 0.3) is 0 Å². The smallest absolute Gasteiger partial charge is 0.216 e. The molecule has 12 heavy (non-hydrogen) atoms. The molecule has 2 heterocycles. The van der Waals surface area contributed by atoms with Crippen LogP contribution in [0, 0.1) is 6.92 Å². The molecule has 2 aromatic rings. The summed E-state index contributed by atoms with van der Waals surface area (Å²) in [4.78, 5) is 4.19. The molecular formula is C8H9N3O. The van der Waals surface area contributed by atoms with Gasteiger partial charge in [0, 0.05) is 17.8 Å². The van der Waals surface area contributed by atoms with Gasteiger partial charge in [0.05, 0.1) is 13.3 Å². The van der Waals surface area contributed by atoms with Gasteiger partial charge in [0.2, 0.25) is 5.88 Å². The van der Waals surface area contributed by atoms with E-state index in [4.69, 9.17) is 4.74 Å². The van der Waals surface area contributed by atoms with Crippen molar-refractivity contribution in [3.05, 3.63) is 24.0 Å². The van der Waals surface area contributed by atoms with Crippen LogP contribution in [0.5, 0.6) is 5.88 Å². The van der Waals surface area contributed by atoms with Gasteiger partial charge in [0.15, 0.2) is 5.65 Å². The van der Waals surface area contributed by atoms with Crippen LogP contribution in [-0.4, -0.2) is 21.7 Å². The van der Waals surface area contributed by atoms with Crippen molar-refractivity contribution in [3.63, 3.8) is 0 Å². The minimum absolute atomic E-state index is 0.625. The zero-order valence-electron chi connectivity index (χ0n) is 6.98. The lowest BCUT2D eigenvalue weighted by atomic mass is 10.4. The summed E-state index contributed by atoms with van der Waals surface area (Å²) in [6.07, 6.45) is 1.72. The van der Waals surface area contributed by atoms with Crippen LogP contribution in [0.1, 0.15) is 5.69 Å². The number of methoxy groups -OCH3 is 1. The molecular weight excluding hydrogens is 154 g/mol. The predicted molar refractivity (Wildman–Crippen MR) is 44.3 cm³/mol. The van der Waals surface area contributed by atoms with Crippen LogP contribution in [0.4, 0.5) is 0 Å². The number of rotatable bonds is 1. The Labute approximate surface area is 69.8 Å². The summed E-state index contributed by atoms with van der Waals surface area (Å²) in [5.74, 6) is 0.625. The van der Waals surface area contributed by atoms with Crippen LogP contribution in [0.2, 0.25) is 0 Å². The standard InChI is InChI=1S/C8H9N3O/c1-6-5-8(12-2)10-7-3-4-9-11(6)7/h3-5H,1-2H3. The summed E-state index contributed by atoms with van der Waals surface area (Å²) in [6.45, 7) is 1.96. The van der Waals surface area contributed by atoms with Crippen LogP contribution < -0.4 is 4.74 Å². The molecule has 4 heteroatoms. The number of ether oxygens (including phenoxy) is 1. The summed E-state index contributed by atoms with van der Waals surface area (Å²) in [5.41, 5.74) is 1.83.